The number of hydrogen-bond acceptors (Lipinski definition) is 2. The molecule has 0 aromatic heterocycles. The SMILES string of the molecule is C=C(/C(Cl)=C\C=C/COC(F)F)c1cc(F)c2c(c1)CC(=O)N2. The number of fused-ring (bicyclic) bond motifs is 1. The zero-order valence-corrected chi connectivity index (χ0v) is 12.7. The third kappa shape index (κ3) is 4.46. The van der Waals surface area contributed by atoms with Gasteiger partial charge in [0.2, 0.25) is 5.91 Å². The number of halogens is 4. The van der Waals surface area contributed by atoms with E-state index in [2.05, 4.69) is 16.6 Å². The van der Waals surface area contributed by atoms with Crippen molar-refractivity contribution < 1.29 is 22.7 Å². The molecular formula is C16H13ClF3NO2. The minimum atomic E-state index is -2.83. The summed E-state index contributed by atoms with van der Waals surface area (Å²) in [6.45, 7) is 0.689. The van der Waals surface area contributed by atoms with Crippen molar-refractivity contribution in [2.24, 2.45) is 0 Å². The Morgan fingerprint density at radius 2 is 2.22 bits per heavy atom. The largest absolute Gasteiger partial charge is 0.345 e. The van der Waals surface area contributed by atoms with E-state index in [9.17, 15) is 18.0 Å². The maximum Gasteiger partial charge on any atom is 0.345 e. The van der Waals surface area contributed by atoms with E-state index in [1.807, 2.05) is 0 Å². The van der Waals surface area contributed by atoms with Gasteiger partial charge in [0.25, 0.3) is 0 Å². The van der Waals surface area contributed by atoms with Crippen LogP contribution in [0.3, 0.4) is 0 Å². The molecule has 0 unspecified atom stereocenters. The van der Waals surface area contributed by atoms with E-state index in [0.29, 0.717) is 16.7 Å². The van der Waals surface area contributed by atoms with Crippen molar-refractivity contribution in [3.63, 3.8) is 0 Å². The lowest BCUT2D eigenvalue weighted by atomic mass is 10.0. The molecule has 23 heavy (non-hydrogen) atoms. The van der Waals surface area contributed by atoms with Crippen LogP contribution in [0.5, 0.6) is 0 Å². The van der Waals surface area contributed by atoms with Crippen molar-refractivity contribution in [2.45, 2.75) is 13.0 Å². The minimum absolute atomic E-state index is 0.0968. The summed E-state index contributed by atoms with van der Waals surface area (Å²) in [6.07, 6.45) is 4.32. The molecule has 0 radical (unpaired) electrons. The van der Waals surface area contributed by atoms with E-state index in [0.717, 1.165) is 0 Å². The van der Waals surface area contributed by atoms with Crippen LogP contribution >= 0.6 is 11.6 Å². The summed E-state index contributed by atoms with van der Waals surface area (Å²) in [5, 5.41) is 2.66. The van der Waals surface area contributed by atoms with Crippen LogP contribution in [-0.2, 0) is 16.0 Å². The zero-order chi connectivity index (χ0) is 17.0. The molecule has 1 amide bonds. The fourth-order valence-corrected chi connectivity index (χ4v) is 2.23. The fraction of sp³-hybridized carbons (Fsp3) is 0.188. The Kier molecular flexibility index (Phi) is 5.63. The number of rotatable bonds is 6. The highest BCUT2D eigenvalue weighted by molar-refractivity contribution is 6.37. The smallest absolute Gasteiger partial charge is 0.323 e. The van der Waals surface area contributed by atoms with Gasteiger partial charge in [-0.1, -0.05) is 30.3 Å². The standard InChI is InChI=1S/C16H13ClF3NO2/c1-9(12(17)4-2-3-5-23-16(19)20)10-6-11-8-14(22)21-15(11)13(18)7-10/h2-4,6-7,16H,1,5,8H2,(H,21,22)/b3-2-,12-4+. The van der Waals surface area contributed by atoms with Gasteiger partial charge in [-0.3, -0.25) is 4.79 Å². The van der Waals surface area contributed by atoms with Crippen LogP contribution in [0.2, 0.25) is 0 Å². The Bertz CT molecular complexity index is 699. The van der Waals surface area contributed by atoms with Crippen LogP contribution in [-0.4, -0.2) is 19.1 Å². The number of amides is 1. The minimum Gasteiger partial charge on any atom is -0.323 e. The topological polar surface area (TPSA) is 38.3 Å². The van der Waals surface area contributed by atoms with E-state index >= 15 is 0 Å². The molecule has 0 saturated heterocycles. The van der Waals surface area contributed by atoms with E-state index in [4.69, 9.17) is 11.6 Å². The van der Waals surface area contributed by atoms with Gasteiger partial charge >= 0.3 is 6.61 Å². The summed E-state index contributed by atoms with van der Waals surface area (Å²) >= 11 is 6.06. The molecule has 0 fully saturated rings. The maximum atomic E-state index is 14.0. The number of nitrogens with one attached hydrogen (secondary N) is 1. The summed E-state index contributed by atoms with van der Waals surface area (Å²) in [6, 6.07) is 2.87. The Morgan fingerprint density at radius 1 is 1.48 bits per heavy atom. The van der Waals surface area contributed by atoms with Gasteiger partial charge in [0.05, 0.1) is 18.7 Å². The molecule has 1 N–H and O–H groups in total. The van der Waals surface area contributed by atoms with E-state index in [1.54, 1.807) is 6.07 Å². The highest BCUT2D eigenvalue weighted by atomic mass is 35.5. The molecule has 0 bridgehead atoms. The van der Waals surface area contributed by atoms with Crippen molar-refractivity contribution in [1.29, 1.82) is 0 Å². The molecule has 1 aromatic carbocycles. The molecule has 122 valence electrons. The number of alkyl halides is 2. The molecule has 0 saturated carbocycles. The van der Waals surface area contributed by atoms with Crippen molar-refractivity contribution in [3.05, 3.63) is 58.9 Å². The molecule has 1 heterocycles. The van der Waals surface area contributed by atoms with Gasteiger partial charge in [0.1, 0.15) is 5.82 Å². The first kappa shape index (κ1) is 17.3. The van der Waals surface area contributed by atoms with Crippen molar-refractivity contribution in [3.8, 4) is 0 Å². The fourth-order valence-electron chi connectivity index (χ4n) is 2.05. The predicted octanol–water partition coefficient (Wildman–Crippen LogP) is 4.25. The lowest BCUT2D eigenvalue weighted by Gasteiger charge is -2.08. The maximum absolute atomic E-state index is 14.0. The number of ether oxygens (including phenoxy) is 1. The number of anilines is 1. The van der Waals surface area contributed by atoms with Crippen LogP contribution < -0.4 is 5.32 Å². The Hall–Kier alpha value is -2.05. The Labute approximate surface area is 136 Å². The Morgan fingerprint density at radius 3 is 2.91 bits per heavy atom. The summed E-state index contributed by atoms with van der Waals surface area (Å²) in [4.78, 5) is 11.3. The highest BCUT2D eigenvalue weighted by Crippen LogP contribution is 2.32. The van der Waals surface area contributed by atoms with Gasteiger partial charge in [-0.25, -0.2) is 4.39 Å². The first-order valence-electron chi connectivity index (χ1n) is 6.62. The van der Waals surface area contributed by atoms with Crippen molar-refractivity contribution in [1.82, 2.24) is 0 Å². The summed E-state index contributed by atoms with van der Waals surface area (Å²) in [5.41, 5.74) is 1.51. The normalized spacial score (nSPS) is 14.5. The number of carbonyl (C=O) groups excluding carboxylic acids is 1. The van der Waals surface area contributed by atoms with Crippen LogP contribution in [0.15, 0.2) is 42.0 Å². The number of carbonyl (C=O) groups is 1. The molecule has 3 nitrogen and oxygen atoms in total. The number of allylic oxidation sites excluding steroid dienone is 4. The first-order valence-corrected chi connectivity index (χ1v) is 7.00. The highest BCUT2D eigenvalue weighted by Gasteiger charge is 2.22. The van der Waals surface area contributed by atoms with Gasteiger partial charge in [-0.05, 0) is 34.9 Å². The van der Waals surface area contributed by atoms with Gasteiger partial charge in [0.15, 0.2) is 0 Å². The molecular weight excluding hydrogens is 331 g/mol. The molecule has 7 heteroatoms. The summed E-state index contributed by atoms with van der Waals surface area (Å²) in [5.74, 6) is -0.833. The summed E-state index contributed by atoms with van der Waals surface area (Å²) in [7, 11) is 0. The second-order valence-corrected chi connectivity index (χ2v) is 5.14. The lowest BCUT2D eigenvalue weighted by molar-refractivity contribution is -0.119. The van der Waals surface area contributed by atoms with Crippen LogP contribution in [0.1, 0.15) is 11.1 Å². The van der Waals surface area contributed by atoms with Crippen LogP contribution in [0.25, 0.3) is 5.57 Å². The predicted molar refractivity (Wildman–Crippen MR) is 82.8 cm³/mol. The quantitative estimate of drug-likeness (QED) is 0.784. The average molecular weight is 344 g/mol. The van der Waals surface area contributed by atoms with Crippen LogP contribution in [0.4, 0.5) is 18.9 Å². The van der Waals surface area contributed by atoms with Crippen molar-refractivity contribution in [2.75, 3.05) is 11.9 Å². The van der Waals surface area contributed by atoms with E-state index in [1.165, 1.54) is 24.3 Å². The molecule has 0 atom stereocenters. The van der Waals surface area contributed by atoms with Crippen molar-refractivity contribution >= 4 is 28.8 Å². The molecule has 1 aromatic rings. The van der Waals surface area contributed by atoms with Gasteiger partial charge in [-0.2, -0.15) is 8.78 Å². The zero-order valence-electron chi connectivity index (χ0n) is 11.9. The average Bonchev–Trinajstić information content (AvgIpc) is 2.86. The number of hydrogen-bond donors (Lipinski definition) is 1. The first-order chi connectivity index (χ1) is 10.9. The third-order valence-corrected chi connectivity index (χ3v) is 3.48. The van der Waals surface area contributed by atoms with Gasteiger partial charge < -0.3 is 10.1 Å². The molecule has 0 aliphatic carbocycles. The molecule has 0 spiro atoms. The second-order valence-electron chi connectivity index (χ2n) is 4.73. The Balaban J connectivity index is 2.10. The lowest BCUT2D eigenvalue weighted by Crippen LogP contribution is -2.04. The van der Waals surface area contributed by atoms with Gasteiger partial charge in [0, 0.05) is 5.03 Å². The van der Waals surface area contributed by atoms with E-state index in [-0.39, 0.29) is 29.7 Å². The third-order valence-electron chi connectivity index (χ3n) is 3.12. The molecule has 1 aliphatic rings. The molecule has 2 rings (SSSR count). The van der Waals surface area contributed by atoms with Gasteiger partial charge in [-0.15, -0.1) is 0 Å². The van der Waals surface area contributed by atoms with Crippen LogP contribution in [0, 0.1) is 5.82 Å². The molecule has 1 aliphatic heterocycles. The monoisotopic (exact) mass is 343 g/mol. The van der Waals surface area contributed by atoms with E-state index < -0.39 is 12.4 Å². The second kappa shape index (κ2) is 7.48. The number of benzene rings is 1. The summed E-state index contributed by atoms with van der Waals surface area (Å²) < 4.78 is 41.5.